The second kappa shape index (κ2) is 7.45. The van der Waals surface area contributed by atoms with Crippen molar-refractivity contribution in [2.45, 2.75) is 106 Å². The highest BCUT2D eigenvalue weighted by Crippen LogP contribution is 2.77. The van der Waals surface area contributed by atoms with Gasteiger partial charge in [-0.15, -0.1) is 0 Å². The fourth-order valence-electron chi connectivity index (χ4n) is 11.5. The van der Waals surface area contributed by atoms with E-state index < -0.39 is 0 Å². The number of esters is 1. The molecule has 0 radical (unpaired) electrons. The predicted molar refractivity (Wildman–Crippen MR) is 136 cm³/mol. The van der Waals surface area contributed by atoms with Gasteiger partial charge in [-0.1, -0.05) is 46.8 Å². The lowest BCUT2D eigenvalue weighted by Gasteiger charge is -2.72. The van der Waals surface area contributed by atoms with Gasteiger partial charge in [0.1, 0.15) is 5.78 Å². The van der Waals surface area contributed by atoms with Crippen molar-refractivity contribution < 1.29 is 14.3 Å². The summed E-state index contributed by atoms with van der Waals surface area (Å²) in [5, 5.41) is 0. The summed E-state index contributed by atoms with van der Waals surface area (Å²) >= 11 is 0. The lowest BCUT2D eigenvalue weighted by atomic mass is 9.32. The Balaban J connectivity index is 1.57. The van der Waals surface area contributed by atoms with Crippen LogP contribution in [-0.4, -0.2) is 18.9 Å². The summed E-state index contributed by atoms with van der Waals surface area (Å²) in [4.78, 5) is 26.3. The molecule has 5 fully saturated rings. The van der Waals surface area contributed by atoms with E-state index in [0.717, 1.165) is 38.5 Å². The Morgan fingerprint density at radius 3 is 2.24 bits per heavy atom. The summed E-state index contributed by atoms with van der Waals surface area (Å²) < 4.78 is 5.49. The zero-order valence-electron chi connectivity index (χ0n) is 22.9. The van der Waals surface area contributed by atoms with Gasteiger partial charge < -0.3 is 4.74 Å². The summed E-state index contributed by atoms with van der Waals surface area (Å²) in [6, 6.07) is 0. The number of rotatable bonds is 2. The molecule has 3 nitrogen and oxygen atoms in total. The molecule has 0 aliphatic heterocycles. The maximum atomic E-state index is 13.3. The minimum atomic E-state index is -0.313. The Kier molecular flexibility index (Phi) is 5.38. The third-order valence-electron chi connectivity index (χ3n) is 13.4. The van der Waals surface area contributed by atoms with Gasteiger partial charge in [-0.05, 0) is 111 Å². The Morgan fingerprint density at radius 2 is 1.59 bits per heavy atom. The van der Waals surface area contributed by atoms with Crippen LogP contribution < -0.4 is 0 Å². The molecule has 0 N–H and O–H groups in total. The van der Waals surface area contributed by atoms with Gasteiger partial charge >= 0.3 is 5.97 Å². The van der Waals surface area contributed by atoms with Crippen molar-refractivity contribution in [3.05, 3.63) is 12.2 Å². The number of methoxy groups -OCH3 is 1. The highest BCUT2D eigenvalue weighted by Gasteiger charge is 2.72. The van der Waals surface area contributed by atoms with Gasteiger partial charge in [-0.25, -0.2) is 0 Å². The summed E-state index contributed by atoms with van der Waals surface area (Å²) in [6.45, 7) is 18.8. The van der Waals surface area contributed by atoms with Crippen LogP contribution in [0.5, 0.6) is 0 Å². The molecular weight excluding hydrogens is 420 g/mol. The molecule has 0 bridgehead atoms. The van der Waals surface area contributed by atoms with Crippen LogP contribution in [0.1, 0.15) is 106 Å². The van der Waals surface area contributed by atoms with Gasteiger partial charge in [0.05, 0.1) is 12.5 Å². The first-order valence-corrected chi connectivity index (χ1v) is 14.1. The lowest BCUT2D eigenvalue weighted by molar-refractivity contribution is -0.235. The molecule has 0 heterocycles. The molecule has 3 heteroatoms. The van der Waals surface area contributed by atoms with Crippen molar-refractivity contribution in [2.24, 2.45) is 56.7 Å². The van der Waals surface area contributed by atoms with E-state index in [1.165, 1.54) is 31.3 Å². The van der Waals surface area contributed by atoms with Crippen LogP contribution in [0.25, 0.3) is 0 Å². The standard InChI is InChI=1S/C31H48O3/c1-19(2)20-11-16-31(26(33)34-8)18-17-29(6)21(25(20)31)9-10-23-28(5)14-13-24(32)27(3,4)22(28)12-15-30(23,29)7/h20-23,25H,1,9-18H2,2-8H3/t20-,21+,22+,23+,25-,28-,29+,30+,31-/m0/s1. The van der Waals surface area contributed by atoms with Crippen molar-refractivity contribution in [3.63, 3.8) is 0 Å². The van der Waals surface area contributed by atoms with Gasteiger partial charge in [0.2, 0.25) is 0 Å². The molecule has 9 atom stereocenters. The number of hydrogen-bond donors (Lipinski definition) is 0. The molecule has 190 valence electrons. The maximum Gasteiger partial charge on any atom is 0.312 e. The van der Waals surface area contributed by atoms with E-state index in [1.807, 2.05) is 0 Å². The number of ether oxygens (including phenoxy) is 1. The Morgan fingerprint density at radius 1 is 0.882 bits per heavy atom. The molecule has 0 saturated heterocycles. The van der Waals surface area contributed by atoms with Crippen molar-refractivity contribution >= 4 is 11.8 Å². The smallest absolute Gasteiger partial charge is 0.312 e. The van der Waals surface area contributed by atoms with Gasteiger partial charge in [0.15, 0.2) is 0 Å². The van der Waals surface area contributed by atoms with E-state index >= 15 is 0 Å². The summed E-state index contributed by atoms with van der Waals surface area (Å²) in [5.74, 6) is 3.01. The normalized spacial score (nSPS) is 51.5. The fourth-order valence-corrected chi connectivity index (χ4v) is 11.5. The molecular formula is C31H48O3. The van der Waals surface area contributed by atoms with E-state index in [9.17, 15) is 9.59 Å². The van der Waals surface area contributed by atoms with Crippen molar-refractivity contribution in [1.29, 1.82) is 0 Å². The number of hydrogen-bond acceptors (Lipinski definition) is 3. The average Bonchev–Trinajstić information content (AvgIpc) is 3.18. The Bertz CT molecular complexity index is 918. The molecule has 0 amide bonds. The number of fused-ring (bicyclic) bond motifs is 7. The van der Waals surface area contributed by atoms with Crippen LogP contribution in [-0.2, 0) is 14.3 Å². The number of carbonyl (C=O) groups is 2. The molecule has 0 aromatic rings. The number of carbonyl (C=O) groups excluding carboxylic acids is 2. The zero-order valence-corrected chi connectivity index (χ0v) is 22.9. The lowest BCUT2D eigenvalue weighted by Crippen LogP contribution is -2.66. The Labute approximate surface area is 207 Å². The van der Waals surface area contributed by atoms with Crippen LogP contribution in [0.15, 0.2) is 12.2 Å². The predicted octanol–water partition coefficient (Wildman–Crippen LogP) is 7.39. The quantitative estimate of drug-likeness (QED) is 0.313. The highest BCUT2D eigenvalue weighted by atomic mass is 16.5. The first-order chi connectivity index (χ1) is 15.8. The van der Waals surface area contributed by atoms with Crippen LogP contribution in [0.3, 0.4) is 0 Å². The van der Waals surface area contributed by atoms with Crippen LogP contribution in [0.2, 0.25) is 0 Å². The van der Waals surface area contributed by atoms with Crippen LogP contribution in [0, 0.1) is 56.7 Å². The monoisotopic (exact) mass is 468 g/mol. The summed E-state index contributed by atoms with van der Waals surface area (Å²) in [7, 11) is 1.59. The minimum Gasteiger partial charge on any atom is -0.469 e. The number of allylic oxidation sites excluding steroid dienone is 1. The van der Waals surface area contributed by atoms with E-state index in [-0.39, 0.29) is 33.0 Å². The van der Waals surface area contributed by atoms with Crippen molar-refractivity contribution in [1.82, 2.24) is 0 Å². The highest BCUT2D eigenvalue weighted by molar-refractivity contribution is 5.85. The maximum absolute atomic E-state index is 13.3. The molecule has 5 saturated carbocycles. The molecule has 0 aromatic heterocycles. The molecule has 34 heavy (non-hydrogen) atoms. The molecule has 5 aliphatic rings. The van der Waals surface area contributed by atoms with Crippen molar-refractivity contribution in [3.8, 4) is 0 Å². The third kappa shape index (κ3) is 2.76. The molecule has 0 spiro atoms. The summed E-state index contributed by atoms with van der Waals surface area (Å²) in [6.07, 6.45) is 10.8. The van der Waals surface area contributed by atoms with Crippen molar-refractivity contribution in [2.75, 3.05) is 7.11 Å². The van der Waals surface area contributed by atoms with Gasteiger partial charge in [-0.2, -0.15) is 0 Å². The van der Waals surface area contributed by atoms with E-state index in [0.29, 0.717) is 35.4 Å². The molecule has 5 rings (SSSR count). The minimum absolute atomic E-state index is 0.0405. The largest absolute Gasteiger partial charge is 0.469 e. The van der Waals surface area contributed by atoms with E-state index in [2.05, 4.69) is 48.1 Å². The molecule has 0 aromatic carbocycles. The van der Waals surface area contributed by atoms with Gasteiger partial charge in [-0.3, -0.25) is 9.59 Å². The number of ketones is 1. The van der Waals surface area contributed by atoms with Crippen LogP contribution >= 0.6 is 0 Å². The Hall–Kier alpha value is -1.12. The van der Waals surface area contributed by atoms with E-state index in [4.69, 9.17) is 4.74 Å². The third-order valence-corrected chi connectivity index (χ3v) is 13.4. The molecule has 0 unspecified atom stereocenters. The topological polar surface area (TPSA) is 43.4 Å². The second-order valence-corrected chi connectivity index (χ2v) is 14.5. The van der Waals surface area contributed by atoms with Gasteiger partial charge in [0, 0.05) is 11.8 Å². The van der Waals surface area contributed by atoms with Gasteiger partial charge in [0.25, 0.3) is 0 Å². The summed E-state index contributed by atoms with van der Waals surface area (Å²) in [5.41, 5.74) is 1.45. The average molecular weight is 469 g/mol. The molecule has 5 aliphatic carbocycles. The SMILES string of the molecule is C=C(C)[C@@H]1CC[C@]2(C(=O)OC)CC[C@]3(C)[C@H](CC[C@@H]4[C@@]5(C)CCC(=O)C(C)(C)[C@H]5CC[C@]43C)[C@H]12. The first kappa shape index (κ1) is 24.6. The number of Topliss-reactive ketones (excluding diaryl/α,β-unsaturated/α-hetero) is 1. The first-order valence-electron chi connectivity index (χ1n) is 14.1. The second-order valence-electron chi connectivity index (χ2n) is 14.5. The van der Waals surface area contributed by atoms with Crippen LogP contribution in [0.4, 0.5) is 0 Å². The van der Waals surface area contributed by atoms with E-state index in [1.54, 1.807) is 7.11 Å². The zero-order chi connectivity index (χ0) is 24.9. The fraction of sp³-hybridized carbons (Fsp3) is 0.871.